The highest BCUT2D eigenvalue weighted by atomic mass is 16.5. The third-order valence-electron chi connectivity index (χ3n) is 3.65. The van der Waals surface area contributed by atoms with E-state index in [4.69, 9.17) is 9.15 Å². The van der Waals surface area contributed by atoms with Gasteiger partial charge in [0.1, 0.15) is 5.76 Å². The van der Waals surface area contributed by atoms with Crippen molar-refractivity contribution >= 4 is 0 Å². The monoisotopic (exact) mass is 223 g/mol. The van der Waals surface area contributed by atoms with E-state index in [9.17, 15) is 0 Å². The van der Waals surface area contributed by atoms with Gasteiger partial charge in [0.05, 0.1) is 18.9 Å². The normalized spacial score (nSPS) is 27.7. The second kappa shape index (κ2) is 4.60. The van der Waals surface area contributed by atoms with Crippen LogP contribution in [0, 0.1) is 5.41 Å². The van der Waals surface area contributed by atoms with Gasteiger partial charge < -0.3 is 14.5 Å². The van der Waals surface area contributed by atoms with Crippen LogP contribution in [0.25, 0.3) is 0 Å². The molecule has 90 valence electrons. The second-order valence-corrected chi connectivity index (χ2v) is 5.01. The highest BCUT2D eigenvalue weighted by molar-refractivity contribution is 5.05. The van der Waals surface area contributed by atoms with E-state index in [0.717, 1.165) is 25.3 Å². The number of furan rings is 1. The van der Waals surface area contributed by atoms with Crippen molar-refractivity contribution in [1.29, 1.82) is 0 Å². The number of rotatable bonds is 5. The van der Waals surface area contributed by atoms with Crippen LogP contribution >= 0.6 is 0 Å². The minimum atomic E-state index is 0.225. The van der Waals surface area contributed by atoms with Gasteiger partial charge in [0.25, 0.3) is 0 Å². The minimum Gasteiger partial charge on any atom is -0.468 e. The molecule has 1 aliphatic carbocycles. The Labute approximate surface area is 97.2 Å². The van der Waals surface area contributed by atoms with Crippen LogP contribution in [0.3, 0.4) is 0 Å². The zero-order valence-electron chi connectivity index (χ0n) is 10.3. The van der Waals surface area contributed by atoms with Crippen molar-refractivity contribution in [1.82, 2.24) is 5.32 Å². The van der Waals surface area contributed by atoms with Gasteiger partial charge in [-0.25, -0.2) is 0 Å². The van der Waals surface area contributed by atoms with E-state index in [1.165, 1.54) is 0 Å². The quantitative estimate of drug-likeness (QED) is 0.833. The Morgan fingerprint density at radius 1 is 1.56 bits per heavy atom. The number of hydrogen-bond acceptors (Lipinski definition) is 3. The molecule has 1 aromatic heterocycles. The summed E-state index contributed by atoms with van der Waals surface area (Å²) in [4.78, 5) is 0. The summed E-state index contributed by atoms with van der Waals surface area (Å²) in [5.74, 6) is 0.996. The highest BCUT2D eigenvalue weighted by Gasteiger charge is 2.48. The van der Waals surface area contributed by atoms with Crippen molar-refractivity contribution < 1.29 is 9.15 Å². The second-order valence-electron chi connectivity index (χ2n) is 5.01. The molecule has 0 aromatic carbocycles. The first-order chi connectivity index (χ1) is 7.64. The van der Waals surface area contributed by atoms with E-state index in [0.29, 0.717) is 12.1 Å². The fourth-order valence-corrected chi connectivity index (χ4v) is 2.35. The maximum atomic E-state index is 5.70. The van der Waals surface area contributed by atoms with Gasteiger partial charge in [0.15, 0.2) is 0 Å². The van der Waals surface area contributed by atoms with Gasteiger partial charge >= 0.3 is 0 Å². The summed E-state index contributed by atoms with van der Waals surface area (Å²) in [6.45, 7) is 8.19. The van der Waals surface area contributed by atoms with E-state index in [1.54, 1.807) is 6.26 Å². The molecule has 3 heteroatoms. The summed E-state index contributed by atoms with van der Waals surface area (Å²) < 4.78 is 11.0. The fraction of sp³-hybridized carbons (Fsp3) is 0.692. The lowest BCUT2D eigenvalue weighted by Crippen LogP contribution is -2.60. The summed E-state index contributed by atoms with van der Waals surface area (Å²) in [6, 6.07) is 4.44. The fourth-order valence-electron chi connectivity index (χ4n) is 2.35. The first-order valence-electron chi connectivity index (χ1n) is 6.02. The van der Waals surface area contributed by atoms with Crippen molar-refractivity contribution in [2.24, 2.45) is 5.41 Å². The average molecular weight is 223 g/mol. The smallest absolute Gasteiger partial charge is 0.117 e. The summed E-state index contributed by atoms with van der Waals surface area (Å²) in [5.41, 5.74) is 0.225. The van der Waals surface area contributed by atoms with Gasteiger partial charge in [-0.1, -0.05) is 13.8 Å². The summed E-state index contributed by atoms with van der Waals surface area (Å²) in [5, 5.41) is 3.53. The van der Waals surface area contributed by atoms with E-state index in [2.05, 4.69) is 26.1 Å². The predicted molar refractivity (Wildman–Crippen MR) is 63.1 cm³/mol. The maximum Gasteiger partial charge on any atom is 0.117 e. The van der Waals surface area contributed by atoms with E-state index in [1.807, 2.05) is 12.1 Å². The van der Waals surface area contributed by atoms with Crippen LogP contribution in [0.15, 0.2) is 22.8 Å². The Hall–Kier alpha value is -0.800. The van der Waals surface area contributed by atoms with Crippen LogP contribution < -0.4 is 5.32 Å². The molecular formula is C13H21NO2. The zero-order valence-corrected chi connectivity index (χ0v) is 10.3. The first-order valence-corrected chi connectivity index (χ1v) is 6.02. The SMILES string of the molecule is CCOC1CC(NCc2ccco2)C1(C)C. The van der Waals surface area contributed by atoms with Gasteiger partial charge in [0.2, 0.25) is 0 Å². The van der Waals surface area contributed by atoms with Crippen LogP contribution in [0.5, 0.6) is 0 Å². The third kappa shape index (κ3) is 2.15. The largest absolute Gasteiger partial charge is 0.468 e. The molecule has 2 rings (SSSR count). The molecule has 3 nitrogen and oxygen atoms in total. The Balaban J connectivity index is 1.80. The summed E-state index contributed by atoms with van der Waals surface area (Å²) in [7, 11) is 0. The maximum absolute atomic E-state index is 5.70. The Kier molecular flexibility index (Phi) is 3.36. The van der Waals surface area contributed by atoms with Crippen LogP contribution in [0.1, 0.15) is 33.0 Å². The van der Waals surface area contributed by atoms with Crippen molar-refractivity contribution in [3.05, 3.63) is 24.2 Å². The van der Waals surface area contributed by atoms with Gasteiger partial charge in [0, 0.05) is 18.1 Å². The molecule has 1 saturated carbocycles. The predicted octanol–water partition coefficient (Wildman–Crippen LogP) is 2.57. The molecule has 2 unspecified atom stereocenters. The van der Waals surface area contributed by atoms with Gasteiger partial charge in [-0.05, 0) is 25.5 Å². The Morgan fingerprint density at radius 2 is 2.38 bits per heavy atom. The molecule has 0 radical (unpaired) electrons. The molecule has 0 saturated heterocycles. The molecule has 0 spiro atoms. The molecule has 0 bridgehead atoms. The molecule has 1 fully saturated rings. The molecule has 1 aliphatic rings. The van der Waals surface area contributed by atoms with Gasteiger partial charge in [-0.2, -0.15) is 0 Å². The molecule has 0 amide bonds. The number of nitrogens with one attached hydrogen (secondary N) is 1. The molecule has 1 heterocycles. The van der Waals surface area contributed by atoms with Crippen LogP contribution in [0.2, 0.25) is 0 Å². The zero-order chi connectivity index (χ0) is 11.6. The van der Waals surface area contributed by atoms with E-state index in [-0.39, 0.29) is 5.41 Å². The van der Waals surface area contributed by atoms with Gasteiger partial charge in [-0.3, -0.25) is 0 Å². The first kappa shape index (κ1) is 11.7. The Morgan fingerprint density at radius 3 is 2.94 bits per heavy atom. The number of hydrogen-bond donors (Lipinski definition) is 1. The summed E-state index contributed by atoms with van der Waals surface area (Å²) >= 11 is 0. The van der Waals surface area contributed by atoms with E-state index < -0.39 is 0 Å². The lowest BCUT2D eigenvalue weighted by Gasteiger charge is -2.51. The molecule has 0 aliphatic heterocycles. The van der Waals surface area contributed by atoms with Crippen LogP contribution in [-0.4, -0.2) is 18.8 Å². The summed E-state index contributed by atoms with van der Waals surface area (Å²) in [6.07, 6.45) is 3.21. The molecule has 16 heavy (non-hydrogen) atoms. The highest BCUT2D eigenvalue weighted by Crippen LogP contribution is 2.42. The molecule has 1 aromatic rings. The topological polar surface area (TPSA) is 34.4 Å². The van der Waals surface area contributed by atoms with Crippen molar-refractivity contribution in [2.75, 3.05) is 6.61 Å². The lowest BCUT2D eigenvalue weighted by atomic mass is 9.64. The third-order valence-corrected chi connectivity index (χ3v) is 3.65. The molecular weight excluding hydrogens is 202 g/mol. The van der Waals surface area contributed by atoms with E-state index >= 15 is 0 Å². The van der Waals surface area contributed by atoms with Crippen LogP contribution in [0.4, 0.5) is 0 Å². The van der Waals surface area contributed by atoms with Crippen molar-refractivity contribution in [3.8, 4) is 0 Å². The lowest BCUT2D eigenvalue weighted by molar-refractivity contribution is -0.114. The average Bonchev–Trinajstić information content (AvgIpc) is 2.75. The molecule has 1 N–H and O–H groups in total. The Bertz CT molecular complexity index is 319. The van der Waals surface area contributed by atoms with Crippen LogP contribution in [-0.2, 0) is 11.3 Å². The van der Waals surface area contributed by atoms with Crippen molar-refractivity contribution in [3.63, 3.8) is 0 Å². The minimum absolute atomic E-state index is 0.225. The molecule has 2 atom stereocenters. The van der Waals surface area contributed by atoms with Crippen molar-refractivity contribution in [2.45, 2.75) is 45.9 Å². The standard InChI is InChI=1S/C13H21NO2/c1-4-15-12-8-11(13(12,2)3)14-9-10-6-5-7-16-10/h5-7,11-12,14H,4,8-9H2,1-3H3. The number of ether oxygens (including phenoxy) is 1. The van der Waals surface area contributed by atoms with Gasteiger partial charge in [-0.15, -0.1) is 0 Å².